The smallest absolute Gasteiger partial charge is 0.242 e. The van der Waals surface area contributed by atoms with Crippen LogP contribution in [0.2, 0.25) is 0 Å². The van der Waals surface area contributed by atoms with Crippen LogP contribution < -0.4 is 10.6 Å². The van der Waals surface area contributed by atoms with Crippen LogP contribution in [0.4, 0.5) is 5.82 Å². The molecule has 1 amide bonds. The molecule has 5 heterocycles. The van der Waals surface area contributed by atoms with E-state index >= 15 is 0 Å². The second-order valence-corrected chi connectivity index (χ2v) is 8.59. The second-order valence-electron chi connectivity index (χ2n) is 8.59. The molecule has 2 aliphatic heterocycles. The molecule has 0 spiro atoms. The quantitative estimate of drug-likeness (QED) is 0.661. The molecule has 1 unspecified atom stereocenters. The van der Waals surface area contributed by atoms with Crippen LogP contribution in [0.25, 0.3) is 22.0 Å². The first-order valence-corrected chi connectivity index (χ1v) is 11.2. The van der Waals surface area contributed by atoms with Crippen molar-refractivity contribution in [3.63, 3.8) is 0 Å². The molecule has 31 heavy (non-hydrogen) atoms. The zero-order chi connectivity index (χ0) is 21.2. The monoisotopic (exact) mass is 419 g/mol. The van der Waals surface area contributed by atoms with Crippen molar-refractivity contribution >= 4 is 22.6 Å². The number of nitrogens with one attached hydrogen (secondary N) is 2. The maximum Gasteiger partial charge on any atom is 0.242 e. The predicted octanol–water partition coefficient (Wildman–Crippen LogP) is 2.71. The summed E-state index contributed by atoms with van der Waals surface area (Å²) in [6.45, 7) is 4.08. The van der Waals surface area contributed by atoms with Crippen molar-refractivity contribution in [3.8, 4) is 11.1 Å². The Labute approximate surface area is 182 Å². The van der Waals surface area contributed by atoms with Gasteiger partial charge in [-0.1, -0.05) is 6.42 Å². The van der Waals surface area contributed by atoms with Gasteiger partial charge in [0.05, 0.1) is 29.6 Å². The van der Waals surface area contributed by atoms with E-state index in [4.69, 9.17) is 0 Å². The lowest BCUT2D eigenvalue weighted by Gasteiger charge is -2.26. The molecule has 1 atom stereocenters. The molecule has 0 aliphatic carbocycles. The summed E-state index contributed by atoms with van der Waals surface area (Å²) in [7, 11) is 2.01. The highest BCUT2D eigenvalue weighted by atomic mass is 16.2. The maximum absolute atomic E-state index is 12.4. The topological polar surface area (TPSA) is 88.0 Å². The van der Waals surface area contributed by atoms with Crippen molar-refractivity contribution in [2.75, 3.05) is 25.0 Å². The van der Waals surface area contributed by atoms with Gasteiger partial charge in [0.25, 0.3) is 0 Å². The summed E-state index contributed by atoms with van der Waals surface area (Å²) in [5, 5.41) is 11.6. The molecule has 2 fully saturated rings. The second kappa shape index (κ2) is 8.72. The summed E-state index contributed by atoms with van der Waals surface area (Å²) in [6.07, 6.45) is 11.3. The van der Waals surface area contributed by atoms with Crippen LogP contribution in [-0.2, 0) is 18.4 Å². The SMILES string of the molecule is Cn1ncc(-c2cnc3cnc(NC(=O)C4CCCN4)cc3c2)c1CN1CCCCC1. The molecule has 8 heteroatoms. The number of piperidine rings is 1. The lowest BCUT2D eigenvalue weighted by molar-refractivity contribution is -0.117. The number of likely N-dealkylation sites (tertiary alicyclic amines) is 1. The lowest BCUT2D eigenvalue weighted by Crippen LogP contribution is -2.35. The Hall–Kier alpha value is -2.84. The maximum atomic E-state index is 12.4. The number of carbonyl (C=O) groups excluding carboxylic acids is 1. The summed E-state index contributed by atoms with van der Waals surface area (Å²) in [5.41, 5.74) is 4.16. The summed E-state index contributed by atoms with van der Waals surface area (Å²) in [6, 6.07) is 3.89. The molecule has 0 bridgehead atoms. The molecule has 0 radical (unpaired) electrons. The van der Waals surface area contributed by atoms with E-state index in [1.54, 1.807) is 6.20 Å². The van der Waals surface area contributed by atoms with Gasteiger partial charge in [-0.15, -0.1) is 0 Å². The molecule has 2 N–H and O–H groups in total. The van der Waals surface area contributed by atoms with Gasteiger partial charge in [0.1, 0.15) is 5.82 Å². The fraction of sp³-hybridized carbons (Fsp3) is 0.478. The Balaban J connectivity index is 1.41. The number of hydrogen-bond acceptors (Lipinski definition) is 6. The van der Waals surface area contributed by atoms with Crippen molar-refractivity contribution in [2.24, 2.45) is 7.05 Å². The minimum absolute atomic E-state index is 0.0236. The Morgan fingerprint density at radius 1 is 1.13 bits per heavy atom. The minimum atomic E-state index is -0.130. The Morgan fingerprint density at radius 2 is 2.00 bits per heavy atom. The average Bonchev–Trinajstić information content (AvgIpc) is 3.45. The zero-order valence-electron chi connectivity index (χ0n) is 18.0. The lowest BCUT2D eigenvalue weighted by atomic mass is 10.1. The number of fused-ring (bicyclic) bond motifs is 1. The van der Waals surface area contributed by atoms with Gasteiger partial charge in [0.15, 0.2) is 0 Å². The van der Waals surface area contributed by atoms with Crippen LogP contribution in [0.15, 0.2) is 30.7 Å². The van der Waals surface area contributed by atoms with Gasteiger partial charge >= 0.3 is 0 Å². The molecule has 3 aromatic rings. The van der Waals surface area contributed by atoms with Crippen LogP contribution in [0.5, 0.6) is 0 Å². The number of rotatable bonds is 5. The van der Waals surface area contributed by atoms with Crippen LogP contribution >= 0.6 is 0 Å². The van der Waals surface area contributed by atoms with E-state index < -0.39 is 0 Å². The summed E-state index contributed by atoms with van der Waals surface area (Å²) in [4.78, 5) is 23.9. The summed E-state index contributed by atoms with van der Waals surface area (Å²) >= 11 is 0. The fourth-order valence-electron chi connectivity index (χ4n) is 4.59. The molecule has 0 saturated carbocycles. The number of aryl methyl sites for hydroxylation is 1. The van der Waals surface area contributed by atoms with Gasteiger partial charge in [-0.3, -0.25) is 19.4 Å². The molecule has 5 rings (SSSR count). The first kappa shape index (κ1) is 20.1. The molecule has 0 aromatic carbocycles. The number of amides is 1. The van der Waals surface area contributed by atoms with Gasteiger partial charge in [0.2, 0.25) is 5.91 Å². The van der Waals surface area contributed by atoms with Crippen LogP contribution in [0, 0.1) is 0 Å². The van der Waals surface area contributed by atoms with Crippen LogP contribution in [0.1, 0.15) is 37.8 Å². The number of hydrogen-bond donors (Lipinski definition) is 2. The molecule has 2 saturated heterocycles. The first-order chi connectivity index (χ1) is 15.2. The fourth-order valence-corrected chi connectivity index (χ4v) is 4.59. The van der Waals surface area contributed by atoms with Gasteiger partial charge in [-0.2, -0.15) is 5.10 Å². The number of aromatic nitrogens is 4. The van der Waals surface area contributed by atoms with Gasteiger partial charge < -0.3 is 10.6 Å². The number of anilines is 1. The number of nitrogens with zero attached hydrogens (tertiary/aromatic N) is 5. The standard InChI is InChI=1S/C23H29N7O/c1-29-21(15-30-8-3-2-4-9-30)18(13-27-29)17-10-16-11-22(26-14-20(16)25-12-17)28-23(31)19-6-5-7-24-19/h10-14,19,24H,2-9,15H2,1H3,(H,26,28,31). The van der Waals surface area contributed by atoms with E-state index in [2.05, 4.69) is 36.7 Å². The van der Waals surface area contributed by atoms with E-state index in [1.807, 2.05) is 30.2 Å². The predicted molar refractivity (Wildman–Crippen MR) is 121 cm³/mol. The number of pyridine rings is 2. The van der Waals surface area contributed by atoms with Crippen LogP contribution in [-0.4, -0.2) is 56.2 Å². The van der Waals surface area contributed by atoms with Crippen molar-refractivity contribution in [2.45, 2.75) is 44.7 Å². The van der Waals surface area contributed by atoms with E-state index in [0.717, 1.165) is 61.1 Å². The van der Waals surface area contributed by atoms with E-state index in [1.165, 1.54) is 25.0 Å². The molecular weight excluding hydrogens is 390 g/mol. The summed E-state index contributed by atoms with van der Waals surface area (Å²) in [5.74, 6) is 0.536. The third-order valence-corrected chi connectivity index (χ3v) is 6.39. The van der Waals surface area contributed by atoms with E-state index in [9.17, 15) is 4.79 Å². The Kier molecular flexibility index (Phi) is 5.65. The average molecular weight is 420 g/mol. The van der Waals surface area contributed by atoms with E-state index in [0.29, 0.717) is 5.82 Å². The van der Waals surface area contributed by atoms with Crippen molar-refractivity contribution in [3.05, 3.63) is 36.4 Å². The van der Waals surface area contributed by atoms with Gasteiger partial charge in [-0.05, 0) is 57.5 Å². The highest BCUT2D eigenvalue weighted by Gasteiger charge is 2.22. The first-order valence-electron chi connectivity index (χ1n) is 11.2. The Bertz CT molecular complexity index is 1080. The molecule has 2 aliphatic rings. The highest BCUT2D eigenvalue weighted by molar-refractivity contribution is 5.96. The van der Waals surface area contributed by atoms with Crippen molar-refractivity contribution in [1.82, 2.24) is 30.0 Å². The molecular formula is C23H29N7O. The van der Waals surface area contributed by atoms with E-state index in [-0.39, 0.29) is 11.9 Å². The van der Waals surface area contributed by atoms with Gasteiger partial charge in [0, 0.05) is 36.3 Å². The van der Waals surface area contributed by atoms with Gasteiger partial charge in [-0.25, -0.2) is 4.98 Å². The normalized spacial score (nSPS) is 19.7. The highest BCUT2D eigenvalue weighted by Crippen LogP contribution is 2.28. The zero-order valence-corrected chi connectivity index (χ0v) is 18.0. The third-order valence-electron chi connectivity index (χ3n) is 6.39. The van der Waals surface area contributed by atoms with Crippen LogP contribution in [0.3, 0.4) is 0 Å². The minimum Gasteiger partial charge on any atom is -0.309 e. The molecule has 8 nitrogen and oxygen atoms in total. The van der Waals surface area contributed by atoms with Crippen molar-refractivity contribution in [1.29, 1.82) is 0 Å². The molecule has 3 aromatic heterocycles. The van der Waals surface area contributed by atoms with Crippen molar-refractivity contribution < 1.29 is 4.79 Å². The molecule has 162 valence electrons. The largest absolute Gasteiger partial charge is 0.309 e. The Morgan fingerprint density at radius 3 is 2.81 bits per heavy atom. The summed E-state index contributed by atoms with van der Waals surface area (Å²) < 4.78 is 1.97. The third kappa shape index (κ3) is 4.31. The number of carbonyl (C=O) groups is 1.